The molecule has 0 aliphatic heterocycles. The first-order valence-electron chi connectivity index (χ1n) is 6.73. The summed E-state index contributed by atoms with van der Waals surface area (Å²) in [6, 6.07) is 0.660. The number of hydrogen-bond donors (Lipinski definition) is 1. The summed E-state index contributed by atoms with van der Waals surface area (Å²) in [6.45, 7) is 5.53. The Labute approximate surface area is 104 Å². The fourth-order valence-electron chi connectivity index (χ4n) is 2.72. The quantitative estimate of drug-likeness (QED) is 0.870. The smallest absolute Gasteiger partial charge is 0.146 e. The van der Waals surface area contributed by atoms with E-state index in [9.17, 15) is 0 Å². The summed E-state index contributed by atoms with van der Waals surface area (Å²) in [4.78, 5) is 0. The van der Waals surface area contributed by atoms with E-state index in [-0.39, 0.29) is 0 Å². The summed E-state index contributed by atoms with van der Waals surface area (Å²) >= 11 is 0. The van der Waals surface area contributed by atoms with Crippen LogP contribution in [0.4, 0.5) is 0 Å². The van der Waals surface area contributed by atoms with Crippen molar-refractivity contribution in [3.05, 3.63) is 12.2 Å². The Hall–Kier alpha value is -0.900. The molecule has 0 aromatic carbocycles. The minimum atomic E-state index is 0.660. The van der Waals surface area contributed by atoms with Crippen LogP contribution in [0.5, 0.6) is 0 Å². The molecule has 1 N–H and O–H groups in total. The monoisotopic (exact) mass is 236 g/mol. The van der Waals surface area contributed by atoms with Gasteiger partial charge in [0.15, 0.2) is 0 Å². The molecule has 1 aromatic heterocycles. The molecule has 2 atom stereocenters. The van der Waals surface area contributed by atoms with Crippen LogP contribution in [0.2, 0.25) is 0 Å². The van der Waals surface area contributed by atoms with Gasteiger partial charge < -0.3 is 9.88 Å². The summed E-state index contributed by atoms with van der Waals surface area (Å²) in [5.41, 5.74) is 0. The molecule has 1 aliphatic rings. The topological polar surface area (TPSA) is 42.7 Å². The van der Waals surface area contributed by atoms with Crippen LogP contribution in [0.25, 0.3) is 0 Å². The van der Waals surface area contributed by atoms with Crippen LogP contribution < -0.4 is 5.32 Å². The van der Waals surface area contributed by atoms with E-state index in [0.29, 0.717) is 6.04 Å². The van der Waals surface area contributed by atoms with Gasteiger partial charge in [0, 0.05) is 13.1 Å². The van der Waals surface area contributed by atoms with Gasteiger partial charge in [0.25, 0.3) is 0 Å². The van der Waals surface area contributed by atoms with Gasteiger partial charge in [0.2, 0.25) is 0 Å². The number of rotatable bonds is 4. The predicted octanol–water partition coefficient (Wildman–Crippen LogP) is 2.12. The van der Waals surface area contributed by atoms with Gasteiger partial charge in [0.1, 0.15) is 12.2 Å². The highest BCUT2D eigenvalue weighted by atomic mass is 15.3. The van der Waals surface area contributed by atoms with Gasteiger partial charge >= 0.3 is 0 Å². The van der Waals surface area contributed by atoms with Gasteiger partial charge in [-0.2, -0.15) is 0 Å². The molecule has 1 aromatic rings. The average molecular weight is 236 g/mol. The van der Waals surface area contributed by atoms with Gasteiger partial charge in [-0.3, -0.25) is 0 Å². The number of aryl methyl sites for hydroxylation is 1. The molecule has 1 saturated carbocycles. The van der Waals surface area contributed by atoms with Crippen molar-refractivity contribution in [2.75, 3.05) is 0 Å². The zero-order chi connectivity index (χ0) is 12.3. The molecule has 0 spiro atoms. The van der Waals surface area contributed by atoms with Crippen molar-refractivity contribution < 1.29 is 0 Å². The van der Waals surface area contributed by atoms with Crippen LogP contribution in [-0.2, 0) is 13.6 Å². The summed E-state index contributed by atoms with van der Waals surface area (Å²) in [7, 11) is 1.99. The van der Waals surface area contributed by atoms with Crippen molar-refractivity contribution in [1.29, 1.82) is 0 Å². The van der Waals surface area contributed by atoms with E-state index in [1.165, 1.54) is 25.7 Å². The normalized spacial score (nSPS) is 25.4. The molecule has 0 radical (unpaired) electrons. The van der Waals surface area contributed by atoms with E-state index in [1.807, 2.05) is 11.6 Å². The van der Waals surface area contributed by atoms with E-state index in [1.54, 1.807) is 6.33 Å². The van der Waals surface area contributed by atoms with Gasteiger partial charge in [0.05, 0.1) is 6.54 Å². The molecule has 0 bridgehead atoms. The Bertz CT molecular complexity index is 345. The maximum atomic E-state index is 4.10. The van der Waals surface area contributed by atoms with Crippen molar-refractivity contribution in [3.63, 3.8) is 0 Å². The average Bonchev–Trinajstić information content (AvgIpc) is 2.72. The fourth-order valence-corrected chi connectivity index (χ4v) is 2.72. The Morgan fingerprint density at radius 3 is 2.94 bits per heavy atom. The van der Waals surface area contributed by atoms with Gasteiger partial charge in [-0.15, -0.1) is 10.2 Å². The second-order valence-corrected chi connectivity index (χ2v) is 5.61. The van der Waals surface area contributed by atoms with Crippen LogP contribution in [0.1, 0.15) is 45.4 Å². The lowest BCUT2D eigenvalue weighted by molar-refractivity contribution is 0.229. The molecule has 0 amide bonds. The predicted molar refractivity (Wildman–Crippen MR) is 68.4 cm³/mol. The Balaban J connectivity index is 1.81. The third kappa shape index (κ3) is 3.28. The molecule has 1 fully saturated rings. The first-order chi connectivity index (χ1) is 8.16. The van der Waals surface area contributed by atoms with Crippen molar-refractivity contribution in [3.8, 4) is 0 Å². The molecular formula is C13H24N4. The highest BCUT2D eigenvalue weighted by molar-refractivity contribution is 4.86. The van der Waals surface area contributed by atoms with Crippen LogP contribution in [-0.4, -0.2) is 20.8 Å². The van der Waals surface area contributed by atoms with E-state index < -0.39 is 0 Å². The van der Waals surface area contributed by atoms with E-state index in [2.05, 4.69) is 29.4 Å². The summed E-state index contributed by atoms with van der Waals surface area (Å²) in [5.74, 6) is 2.73. The molecule has 1 aliphatic carbocycles. The first-order valence-corrected chi connectivity index (χ1v) is 6.73. The Kier molecular flexibility index (Phi) is 4.15. The Morgan fingerprint density at radius 1 is 1.47 bits per heavy atom. The van der Waals surface area contributed by atoms with Crippen LogP contribution in [0.15, 0.2) is 6.33 Å². The highest BCUT2D eigenvalue weighted by Crippen LogP contribution is 2.29. The standard InChI is InChI=1S/C13H24N4/c1-10(2)11-5-4-6-12(7-11)14-8-13-16-15-9-17(13)3/h9-12,14H,4-8H2,1-3H3. The largest absolute Gasteiger partial charge is 0.320 e. The second kappa shape index (κ2) is 5.63. The van der Waals surface area contributed by atoms with Crippen LogP contribution in [0, 0.1) is 11.8 Å². The maximum absolute atomic E-state index is 4.10. The van der Waals surface area contributed by atoms with E-state index in [4.69, 9.17) is 0 Å². The zero-order valence-electron chi connectivity index (χ0n) is 11.2. The second-order valence-electron chi connectivity index (χ2n) is 5.61. The molecule has 2 rings (SSSR count). The SMILES string of the molecule is CC(C)C1CCCC(NCc2nncn2C)C1. The number of nitrogens with zero attached hydrogens (tertiary/aromatic N) is 3. The van der Waals surface area contributed by atoms with Crippen LogP contribution >= 0.6 is 0 Å². The number of aromatic nitrogens is 3. The number of hydrogen-bond acceptors (Lipinski definition) is 3. The zero-order valence-corrected chi connectivity index (χ0v) is 11.2. The summed E-state index contributed by atoms with van der Waals surface area (Å²) in [5, 5.41) is 11.6. The van der Waals surface area contributed by atoms with Crippen molar-refractivity contribution in [2.24, 2.45) is 18.9 Å². The van der Waals surface area contributed by atoms with Gasteiger partial charge in [-0.1, -0.05) is 26.7 Å². The van der Waals surface area contributed by atoms with Crippen molar-refractivity contribution in [1.82, 2.24) is 20.1 Å². The van der Waals surface area contributed by atoms with E-state index in [0.717, 1.165) is 24.2 Å². The van der Waals surface area contributed by atoms with Crippen molar-refractivity contribution in [2.45, 2.75) is 52.1 Å². The highest BCUT2D eigenvalue weighted by Gasteiger charge is 2.23. The molecular weight excluding hydrogens is 212 g/mol. The third-order valence-corrected chi connectivity index (χ3v) is 4.01. The molecule has 1 heterocycles. The number of nitrogens with one attached hydrogen (secondary N) is 1. The third-order valence-electron chi connectivity index (χ3n) is 4.01. The molecule has 4 heteroatoms. The molecule has 4 nitrogen and oxygen atoms in total. The first kappa shape index (κ1) is 12.6. The van der Waals surface area contributed by atoms with Gasteiger partial charge in [-0.25, -0.2) is 0 Å². The van der Waals surface area contributed by atoms with Gasteiger partial charge in [-0.05, 0) is 24.7 Å². The molecule has 2 unspecified atom stereocenters. The Morgan fingerprint density at radius 2 is 2.29 bits per heavy atom. The molecule has 17 heavy (non-hydrogen) atoms. The minimum absolute atomic E-state index is 0.660. The van der Waals surface area contributed by atoms with Crippen LogP contribution in [0.3, 0.4) is 0 Å². The lowest BCUT2D eigenvalue weighted by Gasteiger charge is -2.32. The summed E-state index contributed by atoms with van der Waals surface area (Å²) < 4.78 is 1.98. The van der Waals surface area contributed by atoms with Crippen molar-refractivity contribution >= 4 is 0 Å². The summed E-state index contributed by atoms with van der Waals surface area (Å²) in [6.07, 6.45) is 7.14. The molecule has 96 valence electrons. The minimum Gasteiger partial charge on any atom is -0.320 e. The maximum Gasteiger partial charge on any atom is 0.146 e. The fraction of sp³-hybridized carbons (Fsp3) is 0.846. The van der Waals surface area contributed by atoms with E-state index >= 15 is 0 Å². The lowest BCUT2D eigenvalue weighted by atomic mass is 9.79. The lowest BCUT2D eigenvalue weighted by Crippen LogP contribution is -2.35. The molecule has 0 saturated heterocycles.